The minimum absolute atomic E-state index is 0.337. The van der Waals surface area contributed by atoms with Crippen molar-refractivity contribution >= 4 is 34.6 Å². The van der Waals surface area contributed by atoms with Crippen LogP contribution in [0.25, 0.3) is 0 Å². The Morgan fingerprint density at radius 2 is 1.14 bits per heavy atom. The van der Waals surface area contributed by atoms with Crippen LogP contribution in [0.15, 0.2) is 58.5 Å². The second kappa shape index (κ2) is 6.94. The molecular formula is C22H24N2O3Se. The molecule has 0 spiro atoms. The van der Waals surface area contributed by atoms with Crippen molar-refractivity contribution in [2.45, 2.75) is 38.9 Å². The third kappa shape index (κ3) is 3.67. The summed E-state index contributed by atoms with van der Waals surface area (Å²) in [5.74, 6) is 1.14. The number of aliphatic imine (C=N–C) groups is 2. The van der Waals surface area contributed by atoms with E-state index in [1.165, 1.54) is 0 Å². The molecule has 0 saturated heterocycles. The fourth-order valence-corrected chi connectivity index (χ4v) is 6.02. The van der Waals surface area contributed by atoms with Crippen LogP contribution in [0.1, 0.15) is 38.8 Å². The molecule has 2 aromatic rings. The summed E-state index contributed by atoms with van der Waals surface area (Å²) in [6.45, 7) is 9.20. The summed E-state index contributed by atoms with van der Waals surface area (Å²) in [4.78, 5) is 9.08. The fraction of sp³-hybridized carbons (Fsp3) is 0.364. The molecular weight excluding hydrogens is 419 g/mol. The Kier molecular flexibility index (Phi) is 4.72. The standard InChI is InChI=1S/C22H24N2O3Se/c1-21(2)13-23-19(26-21)15-9-5-7-11-17(15)28(25)18-12-8-6-10-16(18)20-24-14-22(3,4)27-20/h5-12H,13-14H2,1-4H3. The van der Waals surface area contributed by atoms with E-state index in [0.29, 0.717) is 24.9 Å². The summed E-state index contributed by atoms with van der Waals surface area (Å²) in [5, 5.41) is 0. The van der Waals surface area contributed by atoms with E-state index in [1.807, 2.05) is 76.2 Å². The minimum atomic E-state index is -2.60. The molecule has 0 saturated carbocycles. The first-order valence-electron chi connectivity index (χ1n) is 9.33. The molecule has 0 fully saturated rings. The topological polar surface area (TPSA) is 60.2 Å². The van der Waals surface area contributed by atoms with E-state index >= 15 is 0 Å². The third-order valence-electron chi connectivity index (χ3n) is 4.59. The molecule has 0 unspecified atom stereocenters. The number of nitrogens with zero attached hydrogens (tertiary/aromatic N) is 2. The van der Waals surface area contributed by atoms with E-state index in [0.717, 1.165) is 20.1 Å². The first-order chi connectivity index (χ1) is 13.3. The molecule has 2 heterocycles. The van der Waals surface area contributed by atoms with Gasteiger partial charge in [0.15, 0.2) is 0 Å². The number of ether oxygens (including phenoxy) is 2. The monoisotopic (exact) mass is 444 g/mol. The summed E-state index contributed by atoms with van der Waals surface area (Å²) in [6.07, 6.45) is 0. The number of benzene rings is 2. The zero-order chi connectivity index (χ0) is 19.9. The number of hydrogen-bond acceptors (Lipinski definition) is 5. The summed E-state index contributed by atoms with van der Waals surface area (Å²) < 4.78 is 27.3. The molecule has 2 aliphatic rings. The van der Waals surface area contributed by atoms with Gasteiger partial charge in [-0.25, -0.2) is 0 Å². The SMILES string of the molecule is CC1(C)CN=C(c2ccccc2[Se](=O)c2ccccc2C2=NCC(C)(C)O2)O1. The first kappa shape index (κ1) is 19.0. The molecule has 0 amide bonds. The summed E-state index contributed by atoms with van der Waals surface area (Å²) in [7, 11) is 0. The molecule has 0 N–H and O–H groups in total. The van der Waals surface area contributed by atoms with Crippen molar-refractivity contribution in [2.75, 3.05) is 13.1 Å². The van der Waals surface area contributed by atoms with E-state index in [1.54, 1.807) is 0 Å². The Morgan fingerprint density at radius 1 is 0.750 bits per heavy atom. The van der Waals surface area contributed by atoms with Gasteiger partial charge in [0, 0.05) is 0 Å². The Hall–Kier alpha value is -2.30. The van der Waals surface area contributed by atoms with Gasteiger partial charge in [-0.2, -0.15) is 0 Å². The van der Waals surface area contributed by atoms with E-state index in [9.17, 15) is 3.83 Å². The second-order valence-corrected chi connectivity index (χ2v) is 11.2. The van der Waals surface area contributed by atoms with Crippen LogP contribution < -0.4 is 8.92 Å². The molecule has 4 rings (SSSR count). The summed E-state index contributed by atoms with van der Waals surface area (Å²) in [6, 6.07) is 15.3. The number of hydrogen-bond donors (Lipinski definition) is 0. The maximum absolute atomic E-state index is 13.7. The van der Waals surface area contributed by atoms with Gasteiger partial charge in [0.25, 0.3) is 0 Å². The first-order valence-corrected chi connectivity index (χ1v) is 11.7. The van der Waals surface area contributed by atoms with Crippen LogP contribution in [0.3, 0.4) is 0 Å². The normalized spacial score (nSPS) is 19.8. The van der Waals surface area contributed by atoms with Gasteiger partial charge in [-0.1, -0.05) is 0 Å². The third-order valence-corrected chi connectivity index (χ3v) is 7.76. The van der Waals surface area contributed by atoms with Crippen LogP contribution in [0, 0.1) is 0 Å². The molecule has 0 atom stereocenters. The van der Waals surface area contributed by atoms with Crippen molar-refractivity contribution in [3.8, 4) is 0 Å². The number of rotatable bonds is 4. The fourth-order valence-electron chi connectivity index (χ4n) is 3.19. The van der Waals surface area contributed by atoms with Gasteiger partial charge in [-0.15, -0.1) is 0 Å². The van der Waals surface area contributed by atoms with Crippen molar-refractivity contribution in [1.29, 1.82) is 0 Å². The van der Waals surface area contributed by atoms with Gasteiger partial charge >= 0.3 is 169 Å². The van der Waals surface area contributed by atoms with Crippen LogP contribution in [0.2, 0.25) is 0 Å². The molecule has 2 aromatic carbocycles. The van der Waals surface area contributed by atoms with Gasteiger partial charge in [0.1, 0.15) is 0 Å². The Morgan fingerprint density at radius 3 is 1.50 bits per heavy atom. The zero-order valence-electron chi connectivity index (χ0n) is 16.6. The van der Waals surface area contributed by atoms with Gasteiger partial charge in [-0.3, -0.25) is 0 Å². The van der Waals surface area contributed by atoms with Crippen molar-refractivity contribution in [3.63, 3.8) is 0 Å². The zero-order valence-corrected chi connectivity index (χ0v) is 18.3. The molecule has 0 aromatic heterocycles. The van der Waals surface area contributed by atoms with Gasteiger partial charge in [0.2, 0.25) is 0 Å². The van der Waals surface area contributed by atoms with Crippen LogP contribution in [-0.4, -0.2) is 49.9 Å². The van der Waals surface area contributed by atoms with Gasteiger partial charge in [0.05, 0.1) is 0 Å². The van der Waals surface area contributed by atoms with E-state index in [4.69, 9.17) is 9.47 Å². The molecule has 5 nitrogen and oxygen atoms in total. The molecule has 28 heavy (non-hydrogen) atoms. The van der Waals surface area contributed by atoms with Crippen LogP contribution in [-0.2, 0) is 13.3 Å². The molecule has 0 bridgehead atoms. The van der Waals surface area contributed by atoms with E-state index in [-0.39, 0.29) is 11.2 Å². The van der Waals surface area contributed by atoms with Crippen molar-refractivity contribution in [3.05, 3.63) is 59.7 Å². The van der Waals surface area contributed by atoms with E-state index in [2.05, 4.69) is 9.98 Å². The second-order valence-electron chi connectivity index (χ2n) is 8.23. The average Bonchev–Trinajstić information content (AvgIpc) is 3.22. The molecule has 6 heteroatoms. The van der Waals surface area contributed by atoms with Gasteiger partial charge < -0.3 is 0 Å². The molecule has 2 aliphatic heterocycles. The quantitative estimate of drug-likeness (QED) is 0.682. The Balaban J connectivity index is 1.73. The Labute approximate surface area is 169 Å². The van der Waals surface area contributed by atoms with Gasteiger partial charge in [-0.05, 0) is 0 Å². The maximum atomic E-state index is 13.7. The van der Waals surface area contributed by atoms with Crippen LogP contribution in [0.4, 0.5) is 0 Å². The van der Waals surface area contributed by atoms with Crippen molar-refractivity contribution in [1.82, 2.24) is 0 Å². The predicted molar refractivity (Wildman–Crippen MR) is 112 cm³/mol. The molecule has 0 radical (unpaired) electrons. The summed E-state index contributed by atoms with van der Waals surface area (Å²) in [5.41, 5.74) is 0.933. The van der Waals surface area contributed by atoms with Crippen LogP contribution >= 0.6 is 0 Å². The van der Waals surface area contributed by atoms with E-state index < -0.39 is 13.8 Å². The summed E-state index contributed by atoms with van der Waals surface area (Å²) >= 11 is -2.60. The van der Waals surface area contributed by atoms with Crippen molar-refractivity contribution in [2.24, 2.45) is 9.98 Å². The van der Waals surface area contributed by atoms with Crippen molar-refractivity contribution < 1.29 is 13.3 Å². The predicted octanol–water partition coefficient (Wildman–Crippen LogP) is 2.33. The molecule has 0 aliphatic carbocycles. The molecule has 146 valence electrons. The Bertz CT molecular complexity index is 929. The van der Waals surface area contributed by atoms with Crippen LogP contribution in [0.5, 0.6) is 0 Å². The average molecular weight is 443 g/mol.